The third-order valence-corrected chi connectivity index (χ3v) is 19.3. The summed E-state index contributed by atoms with van der Waals surface area (Å²) in [6.07, 6.45) is 7.63. The van der Waals surface area contributed by atoms with Crippen LogP contribution in [0.25, 0.3) is 0 Å². The first-order valence-electron chi connectivity index (χ1n) is 29.6. The molecule has 2 heterocycles. The third kappa shape index (κ3) is 18.9. The van der Waals surface area contributed by atoms with Crippen molar-refractivity contribution in [2.24, 2.45) is 23.7 Å². The number of carbonyl (C=O) groups excluding carboxylic acids is 4. The van der Waals surface area contributed by atoms with Gasteiger partial charge < -0.3 is 34.5 Å². The molecule has 4 fully saturated rings. The number of amides is 2. The molecule has 0 unspecified atom stereocenters. The number of nitrogen functional groups attached to an aromatic ring is 1. The van der Waals surface area contributed by atoms with Gasteiger partial charge in [-0.1, -0.05) is 75.6 Å². The second-order valence-electron chi connectivity index (χ2n) is 22.9. The maximum absolute atomic E-state index is 13.3. The third-order valence-electron chi connectivity index (χ3n) is 16.2. The standard InChI is InChI=1S/C32H39N3O8S.C32H41N3O6S/c1-23(2)31-21-42-19-17-34(31)32(37)27-11-14-28(15-12-27)33-44(40,41)29-16-13-26(30(20-29)35(38)39)10-9-25-7-5-24(6-8-25)4-3-18-43-22-36;1-23(2)31-21-40-19-17-35(31)32(37)27-11-14-28(15-12-27)34-42(38,39)29-16-13-26(30(33)20-29)10-9-25-7-5-24(6-8-25)4-3-18-41-22-36/h5-8,13,16,20,22-23,27-28,31,33H,3-4,11-12,14-15,17-19,21H2,1-2H3;5-8,13,16,20,22-23,27-28,31,34H,3-4,11-12,14-15,17-19,21,33H2,1-2H3/t2*27?,28?,31-/m11/s1. The Morgan fingerprint density at radius 1 is 0.628 bits per heavy atom. The summed E-state index contributed by atoms with van der Waals surface area (Å²) in [5.74, 6) is 12.4. The summed E-state index contributed by atoms with van der Waals surface area (Å²) >= 11 is 0. The van der Waals surface area contributed by atoms with E-state index in [2.05, 4.69) is 65.6 Å². The maximum Gasteiger partial charge on any atom is 0.293 e. The van der Waals surface area contributed by atoms with Crippen LogP contribution in [0.15, 0.2) is 94.7 Å². The molecule has 462 valence electrons. The van der Waals surface area contributed by atoms with Crippen LogP contribution in [-0.4, -0.2) is 133 Å². The molecule has 0 bridgehead atoms. The van der Waals surface area contributed by atoms with E-state index in [4.69, 9.17) is 19.9 Å². The van der Waals surface area contributed by atoms with Gasteiger partial charge in [0.1, 0.15) is 5.56 Å². The van der Waals surface area contributed by atoms with Crippen molar-refractivity contribution < 1.29 is 59.9 Å². The molecule has 2 aliphatic carbocycles. The summed E-state index contributed by atoms with van der Waals surface area (Å²) in [5, 5.41) is 11.8. The predicted octanol–water partition coefficient (Wildman–Crippen LogP) is 7.32. The normalized spacial score (nSPS) is 20.7. The number of nitro groups is 1. The summed E-state index contributed by atoms with van der Waals surface area (Å²) in [4.78, 5) is 62.0. The summed E-state index contributed by atoms with van der Waals surface area (Å²) in [7, 11) is -7.82. The first-order valence-corrected chi connectivity index (χ1v) is 32.5. The lowest BCUT2D eigenvalue weighted by Gasteiger charge is -2.41. The fraction of sp³-hybridized carbons (Fsp3) is 0.500. The zero-order chi connectivity index (χ0) is 61.8. The highest BCUT2D eigenvalue weighted by molar-refractivity contribution is 7.89. The van der Waals surface area contributed by atoms with Crippen LogP contribution in [-0.2, 0) is 71.0 Å². The van der Waals surface area contributed by atoms with E-state index in [9.17, 15) is 46.1 Å². The molecule has 4 aliphatic rings. The zero-order valence-corrected chi connectivity index (χ0v) is 51.1. The van der Waals surface area contributed by atoms with E-state index in [0.29, 0.717) is 141 Å². The number of anilines is 1. The summed E-state index contributed by atoms with van der Waals surface area (Å²) in [6, 6.07) is 23.0. The van der Waals surface area contributed by atoms with Crippen LogP contribution >= 0.6 is 0 Å². The summed E-state index contributed by atoms with van der Waals surface area (Å²) in [6.45, 7) is 13.3. The van der Waals surface area contributed by atoms with Gasteiger partial charge in [0.2, 0.25) is 31.9 Å². The van der Waals surface area contributed by atoms with E-state index in [0.717, 1.165) is 42.0 Å². The Hall–Kier alpha value is -7.18. The minimum absolute atomic E-state index is 0.0444. The Balaban J connectivity index is 0.000000246. The molecule has 20 nitrogen and oxygen atoms in total. The van der Waals surface area contributed by atoms with E-state index in [1.807, 2.05) is 46.2 Å². The smallest absolute Gasteiger partial charge is 0.293 e. The number of nitrogens with one attached hydrogen (secondary N) is 2. The molecule has 2 saturated carbocycles. The molecule has 4 aromatic rings. The number of carbonyl (C=O) groups is 4. The first-order chi connectivity index (χ1) is 41.3. The van der Waals surface area contributed by atoms with Crippen molar-refractivity contribution >= 4 is 56.2 Å². The Morgan fingerprint density at radius 2 is 1.03 bits per heavy atom. The molecule has 2 atom stereocenters. The molecule has 0 radical (unpaired) electrons. The molecule has 86 heavy (non-hydrogen) atoms. The van der Waals surface area contributed by atoms with Gasteiger partial charge in [-0.05, 0) is 155 Å². The van der Waals surface area contributed by atoms with Crippen molar-refractivity contribution in [1.82, 2.24) is 19.2 Å². The Morgan fingerprint density at radius 3 is 1.43 bits per heavy atom. The number of hydrogen-bond donors (Lipinski definition) is 3. The van der Waals surface area contributed by atoms with Gasteiger partial charge in [0.15, 0.2) is 0 Å². The van der Waals surface area contributed by atoms with Gasteiger partial charge in [0.25, 0.3) is 18.6 Å². The Kier molecular flexibility index (Phi) is 24.7. The molecule has 4 N–H and O–H groups in total. The molecule has 2 aliphatic heterocycles. The number of nitro benzene ring substituents is 1. The number of rotatable bonds is 21. The van der Waals surface area contributed by atoms with Crippen LogP contribution in [0.5, 0.6) is 0 Å². The highest BCUT2D eigenvalue weighted by atomic mass is 32.2. The van der Waals surface area contributed by atoms with Crippen molar-refractivity contribution in [3.8, 4) is 23.7 Å². The van der Waals surface area contributed by atoms with Gasteiger partial charge in [-0.2, -0.15) is 0 Å². The minimum Gasteiger partial charge on any atom is -0.468 e. The van der Waals surface area contributed by atoms with E-state index in [-0.39, 0.29) is 74.8 Å². The van der Waals surface area contributed by atoms with E-state index in [1.54, 1.807) is 18.2 Å². The predicted molar refractivity (Wildman–Crippen MR) is 324 cm³/mol. The SMILES string of the molecule is CC(C)[C@H]1COCCN1C(=O)C1CCC(NS(=O)(=O)c2ccc(C#Cc3ccc(CCCOC=O)cc3)c(N)c2)CC1.CC(C)[C@H]1COCCN1C(=O)C1CCC(NS(=O)(=O)c2ccc(C#Cc3ccc(CCCOC=O)cc3)c([N+](=O)[O-])c2)CC1. The fourth-order valence-corrected chi connectivity index (χ4v) is 13.9. The van der Waals surface area contributed by atoms with E-state index in [1.165, 1.54) is 24.3 Å². The number of aryl methyl sites for hydroxylation is 2. The molecule has 2 amide bonds. The lowest BCUT2D eigenvalue weighted by Crippen LogP contribution is -2.53. The van der Waals surface area contributed by atoms with Crippen LogP contribution in [0.2, 0.25) is 0 Å². The molecule has 22 heteroatoms. The molecule has 4 aromatic carbocycles. The summed E-state index contributed by atoms with van der Waals surface area (Å²) < 4.78 is 78.8. The molecule has 2 saturated heterocycles. The zero-order valence-electron chi connectivity index (χ0n) is 49.4. The summed E-state index contributed by atoms with van der Waals surface area (Å²) in [5.41, 5.74) is 10.3. The van der Waals surface area contributed by atoms with Gasteiger partial charge in [-0.3, -0.25) is 29.3 Å². The quantitative estimate of drug-likeness (QED) is 0.0184. The van der Waals surface area contributed by atoms with Crippen molar-refractivity contribution in [3.63, 3.8) is 0 Å². The first kappa shape index (κ1) is 66.3. The van der Waals surface area contributed by atoms with Crippen molar-refractivity contribution in [2.75, 3.05) is 58.5 Å². The molecule has 8 rings (SSSR count). The number of nitrogens with zero attached hydrogens (tertiary/aromatic N) is 3. The highest BCUT2D eigenvalue weighted by Crippen LogP contribution is 2.32. The molecular weight excluding hydrogens is 1140 g/mol. The van der Waals surface area contributed by atoms with Gasteiger partial charge in [0.05, 0.1) is 66.4 Å². The van der Waals surface area contributed by atoms with Crippen molar-refractivity contribution in [3.05, 3.63) is 128 Å². The minimum atomic E-state index is -4.04. The Bertz CT molecular complexity index is 3320. The number of sulfonamides is 2. The molecular formula is C64H80N6O14S2. The van der Waals surface area contributed by atoms with Gasteiger partial charge in [0, 0.05) is 65.5 Å². The molecule has 0 aromatic heterocycles. The Labute approximate surface area is 505 Å². The van der Waals surface area contributed by atoms with Crippen LogP contribution in [0.3, 0.4) is 0 Å². The van der Waals surface area contributed by atoms with E-state index >= 15 is 0 Å². The van der Waals surface area contributed by atoms with Crippen LogP contribution in [0.1, 0.15) is 125 Å². The van der Waals surface area contributed by atoms with Crippen molar-refractivity contribution in [2.45, 2.75) is 139 Å². The number of nitrogens with two attached hydrogens (primary N) is 1. The number of benzene rings is 4. The lowest BCUT2D eigenvalue weighted by atomic mass is 9.85. The van der Waals surface area contributed by atoms with Crippen molar-refractivity contribution in [1.29, 1.82) is 0 Å². The number of hydrogen-bond acceptors (Lipinski definition) is 15. The van der Waals surface area contributed by atoms with E-state index < -0.39 is 30.7 Å². The van der Waals surface area contributed by atoms with Crippen LogP contribution in [0.4, 0.5) is 11.4 Å². The largest absolute Gasteiger partial charge is 0.468 e. The number of morpholine rings is 2. The van der Waals surface area contributed by atoms with Gasteiger partial charge >= 0.3 is 0 Å². The average Bonchev–Trinajstić information content (AvgIpc) is 1.79. The number of ether oxygens (including phenoxy) is 4. The second-order valence-corrected chi connectivity index (χ2v) is 26.3. The average molecular weight is 1220 g/mol. The lowest BCUT2D eigenvalue weighted by molar-refractivity contribution is -0.385. The van der Waals surface area contributed by atoms with Gasteiger partial charge in [-0.15, -0.1) is 0 Å². The second kappa shape index (κ2) is 32.0. The topological polar surface area (TPSA) is 273 Å². The fourth-order valence-electron chi connectivity index (χ4n) is 11.2. The van der Waals surface area contributed by atoms with Crippen LogP contribution < -0.4 is 15.2 Å². The monoisotopic (exact) mass is 1220 g/mol. The highest BCUT2D eigenvalue weighted by Gasteiger charge is 2.38. The maximum atomic E-state index is 13.3. The van der Waals surface area contributed by atoms with Crippen LogP contribution in [0, 0.1) is 57.5 Å². The van der Waals surface area contributed by atoms with Gasteiger partial charge in [-0.25, -0.2) is 26.3 Å². The molecule has 0 spiro atoms.